The van der Waals surface area contributed by atoms with Crippen LogP contribution < -0.4 is 0 Å². The second-order valence-corrected chi connectivity index (χ2v) is 14.6. The third-order valence-electron chi connectivity index (χ3n) is 10.1. The van der Waals surface area contributed by atoms with E-state index in [0.29, 0.717) is 24.2 Å². The van der Waals surface area contributed by atoms with Crippen molar-refractivity contribution in [2.75, 3.05) is 0 Å². The van der Waals surface area contributed by atoms with Gasteiger partial charge in [0.15, 0.2) is 0 Å². The Kier molecular flexibility index (Phi) is 8.62. The Balaban J connectivity index is 1.03. The Hall–Kier alpha value is -6.30. The third kappa shape index (κ3) is 6.41. The van der Waals surface area contributed by atoms with Crippen LogP contribution in [-0.4, -0.2) is 21.5 Å². The molecule has 0 radical (unpaired) electrons. The summed E-state index contributed by atoms with van der Waals surface area (Å²) in [7, 11) is 0. The van der Waals surface area contributed by atoms with Gasteiger partial charge >= 0.3 is 0 Å². The molecule has 0 N–H and O–H groups in total. The topological polar surface area (TPSA) is 59.9 Å². The number of nitrogens with zero attached hydrogens (tertiary/aromatic N) is 2. The molecular weight excluding hydrogens is 669 g/mol. The van der Waals surface area contributed by atoms with Gasteiger partial charge in [-0.3, -0.25) is 9.59 Å². The molecule has 9 rings (SSSR count). The van der Waals surface area contributed by atoms with Gasteiger partial charge in [-0.1, -0.05) is 121 Å². The van der Waals surface area contributed by atoms with Crippen LogP contribution in [0.1, 0.15) is 54.7 Å². The number of carbonyl (C=O) groups excluding carboxylic acids is 2. The second-order valence-electron chi connectivity index (χ2n) is 13.5. The zero-order chi connectivity index (χ0) is 35.7. The smallest absolute Gasteiger partial charge is 0.207 e. The van der Waals surface area contributed by atoms with Crippen molar-refractivity contribution in [3.8, 4) is 44.8 Å². The number of pyridine rings is 2. The molecule has 254 valence electrons. The maximum atomic E-state index is 14.1. The van der Waals surface area contributed by atoms with Gasteiger partial charge in [0.05, 0.1) is 11.4 Å². The van der Waals surface area contributed by atoms with E-state index in [9.17, 15) is 9.59 Å². The highest BCUT2D eigenvalue weighted by Gasteiger charge is 2.29. The number of thiophene rings is 1. The molecule has 2 aliphatic carbocycles. The number of hydrogen-bond acceptors (Lipinski definition) is 5. The highest BCUT2D eigenvalue weighted by Crippen LogP contribution is 2.39. The monoisotopic (exact) mass is 702 g/mol. The fourth-order valence-electron chi connectivity index (χ4n) is 7.48. The predicted molar refractivity (Wildman–Crippen MR) is 216 cm³/mol. The van der Waals surface area contributed by atoms with E-state index in [0.717, 1.165) is 89.6 Å². The quantitative estimate of drug-likeness (QED) is 0.162. The van der Waals surface area contributed by atoms with E-state index in [-0.39, 0.29) is 11.6 Å². The van der Waals surface area contributed by atoms with Gasteiger partial charge in [0.2, 0.25) is 11.6 Å². The number of Topliss-reactive ketones (excluding diaryl/α,β-unsaturated/α-hetero) is 2. The highest BCUT2D eigenvalue weighted by molar-refractivity contribution is 7.13. The first-order chi connectivity index (χ1) is 26.1. The van der Waals surface area contributed by atoms with Crippen molar-refractivity contribution in [2.45, 2.75) is 25.7 Å². The zero-order valence-corrected chi connectivity index (χ0v) is 29.8. The van der Waals surface area contributed by atoms with Crippen molar-refractivity contribution < 1.29 is 9.59 Å². The maximum absolute atomic E-state index is 14.1. The van der Waals surface area contributed by atoms with E-state index in [2.05, 4.69) is 36.4 Å². The van der Waals surface area contributed by atoms with Crippen LogP contribution in [-0.2, 0) is 12.8 Å². The molecule has 2 aliphatic rings. The predicted octanol–water partition coefficient (Wildman–Crippen LogP) is 11.6. The molecule has 0 amide bonds. The number of allylic oxidation sites excluding steroid dienone is 2. The van der Waals surface area contributed by atoms with Crippen molar-refractivity contribution in [1.82, 2.24) is 9.97 Å². The zero-order valence-electron chi connectivity index (χ0n) is 29.0. The number of fused-ring (bicyclic) bond motifs is 2. The van der Waals surface area contributed by atoms with Crippen molar-refractivity contribution in [1.29, 1.82) is 0 Å². The van der Waals surface area contributed by atoms with Gasteiger partial charge < -0.3 is 0 Å². The van der Waals surface area contributed by atoms with Gasteiger partial charge in [-0.05, 0) is 95.5 Å². The minimum absolute atomic E-state index is 0.0249. The van der Waals surface area contributed by atoms with Crippen LogP contribution in [0.3, 0.4) is 0 Å². The average Bonchev–Trinajstić information content (AvgIpc) is 3.67. The molecule has 0 atom stereocenters. The molecule has 53 heavy (non-hydrogen) atoms. The summed E-state index contributed by atoms with van der Waals surface area (Å²) in [5, 5.41) is 0. The maximum Gasteiger partial charge on any atom is 0.207 e. The van der Waals surface area contributed by atoms with Crippen molar-refractivity contribution in [3.05, 3.63) is 189 Å². The lowest BCUT2D eigenvalue weighted by Crippen LogP contribution is -2.18. The van der Waals surface area contributed by atoms with E-state index in [1.807, 2.05) is 121 Å². The summed E-state index contributed by atoms with van der Waals surface area (Å²) in [6, 6.07) is 48.9. The van der Waals surface area contributed by atoms with Crippen LogP contribution in [0, 0.1) is 0 Å². The third-order valence-corrected chi connectivity index (χ3v) is 11.1. The molecular formula is C48H34N2O2S. The van der Waals surface area contributed by atoms with E-state index in [4.69, 9.17) is 9.97 Å². The average molecular weight is 703 g/mol. The molecule has 0 saturated carbocycles. The molecule has 0 saturated heterocycles. The lowest BCUT2D eigenvalue weighted by molar-refractivity contribution is 0.101. The summed E-state index contributed by atoms with van der Waals surface area (Å²) in [5.41, 5.74) is 12.4. The number of ketones is 2. The Labute approximate surface area is 312 Å². The van der Waals surface area contributed by atoms with Gasteiger partial charge in [-0.2, -0.15) is 0 Å². The van der Waals surface area contributed by atoms with Crippen LogP contribution in [0.4, 0.5) is 0 Å². The minimum Gasteiger partial charge on any atom is -0.287 e. The van der Waals surface area contributed by atoms with Gasteiger partial charge in [0.25, 0.3) is 0 Å². The number of hydrogen-bond donors (Lipinski definition) is 0. The van der Waals surface area contributed by atoms with E-state index in [1.54, 1.807) is 11.3 Å². The standard InChI is InChI=1S/C48H34N2O2S/c51-47-35(21-25-39-41(31-13-5-1-6-14-31)29-43(49-45(39)47)33-17-9-3-10-18-33)27-37-23-24-38(53-37)28-36-22-26-40-42(32-15-7-2-8-16-32)30-44(50-46(40)48(36)52)34-19-11-4-12-20-34/h1-20,23-24,27-30H,21-22,25-26H2/b35-27+,36-28+. The normalized spacial score (nSPS) is 15.4. The molecule has 4 nitrogen and oxygen atoms in total. The van der Waals surface area contributed by atoms with Gasteiger partial charge in [-0.15, -0.1) is 11.3 Å². The van der Waals surface area contributed by atoms with Crippen LogP contribution in [0.5, 0.6) is 0 Å². The molecule has 4 aromatic carbocycles. The van der Waals surface area contributed by atoms with E-state index < -0.39 is 0 Å². The Bertz CT molecular complexity index is 2390. The molecule has 5 heteroatoms. The number of aromatic nitrogens is 2. The molecule has 0 unspecified atom stereocenters. The van der Waals surface area contributed by atoms with E-state index >= 15 is 0 Å². The van der Waals surface area contributed by atoms with Crippen LogP contribution in [0.2, 0.25) is 0 Å². The number of rotatable bonds is 6. The molecule has 3 aromatic heterocycles. The summed E-state index contributed by atoms with van der Waals surface area (Å²) >= 11 is 1.59. The van der Waals surface area contributed by atoms with E-state index in [1.165, 1.54) is 0 Å². The van der Waals surface area contributed by atoms with Crippen molar-refractivity contribution in [2.24, 2.45) is 0 Å². The molecule has 0 spiro atoms. The lowest BCUT2D eigenvalue weighted by Gasteiger charge is -2.21. The summed E-state index contributed by atoms with van der Waals surface area (Å²) < 4.78 is 0. The summed E-state index contributed by atoms with van der Waals surface area (Å²) in [6.07, 6.45) is 6.77. The first kappa shape index (κ1) is 32.6. The second kappa shape index (κ2) is 14.0. The van der Waals surface area contributed by atoms with Gasteiger partial charge in [0.1, 0.15) is 11.4 Å². The largest absolute Gasteiger partial charge is 0.287 e. The lowest BCUT2D eigenvalue weighted by atomic mass is 9.84. The first-order valence-corrected chi connectivity index (χ1v) is 18.8. The Morgan fingerprint density at radius 2 is 0.792 bits per heavy atom. The van der Waals surface area contributed by atoms with Crippen LogP contribution in [0.25, 0.3) is 56.9 Å². The first-order valence-electron chi connectivity index (χ1n) is 18.0. The highest BCUT2D eigenvalue weighted by atomic mass is 32.1. The number of benzene rings is 4. The minimum atomic E-state index is -0.0249. The molecule has 7 aromatic rings. The molecule has 3 heterocycles. The molecule has 0 bridgehead atoms. The Morgan fingerprint density at radius 3 is 1.17 bits per heavy atom. The van der Waals surface area contributed by atoms with Gasteiger partial charge in [-0.25, -0.2) is 9.97 Å². The SMILES string of the molecule is O=C1/C(=C/c2ccc(/C=C3\CCc4c(-c5ccccc5)cc(-c5ccccc5)nc4C3=O)s2)CCc2c(-c3ccccc3)cc(-c3ccccc3)nc21. The summed E-state index contributed by atoms with van der Waals surface area (Å²) in [4.78, 5) is 40.2. The summed E-state index contributed by atoms with van der Waals surface area (Å²) in [5.74, 6) is -0.0498. The summed E-state index contributed by atoms with van der Waals surface area (Å²) in [6.45, 7) is 0. The fourth-order valence-corrected chi connectivity index (χ4v) is 8.43. The van der Waals surface area contributed by atoms with Gasteiger partial charge in [0, 0.05) is 32.0 Å². The number of carbonyl (C=O) groups is 2. The molecule has 0 aliphatic heterocycles. The van der Waals surface area contributed by atoms with Crippen LogP contribution in [0.15, 0.2) is 157 Å². The Morgan fingerprint density at radius 1 is 0.434 bits per heavy atom. The van der Waals surface area contributed by atoms with Crippen molar-refractivity contribution >= 4 is 35.1 Å². The fraction of sp³-hybridized carbons (Fsp3) is 0.0833. The molecule has 0 fully saturated rings. The van der Waals surface area contributed by atoms with Crippen molar-refractivity contribution in [3.63, 3.8) is 0 Å². The van der Waals surface area contributed by atoms with Crippen LogP contribution >= 0.6 is 11.3 Å².